The first-order valence-corrected chi connectivity index (χ1v) is 4.99. The average Bonchev–Trinajstić information content (AvgIpc) is 2.04. The van der Waals surface area contributed by atoms with Crippen LogP contribution in [-0.4, -0.2) is 19.6 Å². The highest BCUT2D eigenvalue weighted by Crippen LogP contribution is 2.22. The molecule has 0 radical (unpaired) electrons. The molecule has 0 spiro atoms. The number of hydrogen-bond acceptors (Lipinski definition) is 1. The molecule has 0 aromatic heterocycles. The topological polar surface area (TPSA) is 9.23 Å². The summed E-state index contributed by atoms with van der Waals surface area (Å²) in [6.45, 7) is 1.67. The molecule has 0 unspecified atom stereocenters. The van der Waals surface area contributed by atoms with E-state index < -0.39 is 12.5 Å². The van der Waals surface area contributed by atoms with Gasteiger partial charge in [-0.1, -0.05) is 32.6 Å². The van der Waals surface area contributed by atoms with Crippen LogP contribution in [0, 0.1) is 0 Å². The van der Waals surface area contributed by atoms with Gasteiger partial charge in [0, 0.05) is 13.5 Å². The lowest BCUT2D eigenvalue weighted by molar-refractivity contribution is -0.0711. The van der Waals surface area contributed by atoms with Crippen molar-refractivity contribution in [3.63, 3.8) is 0 Å². The van der Waals surface area contributed by atoms with E-state index in [2.05, 4.69) is 11.7 Å². The summed E-state index contributed by atoms with van der Waals surface area (Å²) in [6.07, 6.45) is 4.85. The summed E-state index contributed by atoms with van der Waals surface area (Å²) < 4.78 is 30.1. The Kier molecular flexibility index (Phi) is 7.14. The zero-order valence-corrected chi connectivity index (χ0v) is 8.61. The van der Waals surface area contributed by atoms with Gasteiger partial charge < -0.3 is 4.74 Å². The van der Waals surface area contributed by atoms with Crippen molar-refractivity contribution in [2.24, 2.45) is 0 Å². The van der Waals surface area contributed by atoms with Crippen LogP contribution in [0.15, 0.2) is 0 Å². The van der Waals surface area contributed by atoms with E-state index in [1.165, 1.54) is 7.11 Å². The summed E-state index contributed by atoms with van der Waals surface area (Å²) in [6, 6.07) is 0. The molecule has 80 valence electrons. The van der Waals surface area contributed by atoms with Gasteiger partial charge in [-0.05, 0) is 6.42 Å². The van der Waals surface area contributed by atoms with Crippen LogP contribution in [0.5, 0.6) is 0 Å². The SMILES string of the molecule is CCCCCCCC(F)(F)COC. The largest absolute Gasteiger partial charge is 0.378 e. The van der Waals surface area contributed by atoms with Crippen LogP contribution in [0.4, 0.5) is 8.78 Å². The lowest BCUT2D eigenvalue weighted by Crippen LogP contribution is -2.22. The molecule has 0 saturated heterocycles. The molecule has 0 N–H and O–H groups in total. The van der Waals surface area contributed by atoms with Crippen molar-refractivity contribution in [2.75, 3.05) is 13.7 Å². The van der Waals surface area contributed by atoms with E-state index in [0.29, 0.717) is 6.42 Å². The monoisotopic (exact) mass is 194 g/mol. The van der Waals surface area contributed by atoms with Gasteiger partial charge >= 0.3 is 0 Å². The Morgan fingerprint density at radius 3 is 2.23 bits per heavy atom. The minimum absolute atomic E-state index is 0.0371. The number of hydrogen-bond donors (Lipinski definition) is 0. The van der Waals surface area contributed by atoms with Crippen molar-refractivity contribution >= 4 is 0 Å². The van der Waals surface area contributed by atoms with Crippen molar-refractivity contribution in [3.05, 3.63) is 0 Å². The molecule has 0 aromatic rings. The summed E-state index contributed by atoms with van der Waals surface area (Å²) in [7, 11) is 1.31. The molecule has 13 heavy (non-hydrogen) atoms. The number of methoxy groups -OCH3 is 1. The van der Waals surface area contributed by atoms with Gasteiger partial charge in [0.25, 0.3) is 5.92 Å². The number of ether oxygens (including phenoxy) is 1. The smallest absolute Gasteiger partial charge is 0.270 e. The van der Waals surface area contributed by atoms with Crippen LogP contribution in [0.2, 0.25) is 0 Å². The maximum Gasteiger partial charge on any atom is 0.270 e. The van der Waals surface area contributed by atoms with Gasteiger partial charge in [0.05, 0.1) is 0 Å². The molecule has 0 saturated carbocycles. The molecule has 0 aliphatic carbocycles. The van der Waals surface area contributed by atoms with Gasteiger partial charge in [-0.2, -0.15) is 0 Å². The number of rotatable bonds is 8. The molecule has 0 aliphatic heterocycles. The third kappa shape index (κ3) is 8.16. The van der Waals surface area contributed by atoms with Crippen molar-refractivity contribution < 1.29 is 13.5 Å². The maximum atomic E-state index is 12.8. The second kappa shape index (κ2) is 7.25. The zero-order valence-electron chi connectivity index (χ0n) is 8.61. The molecule has 0 aliphatic rings. The number of halogens is 2. The van der Waals surface area contributed by atoms with E-state index in [9.17, 15) is 8.78 Å². The second-order valence-electron chi connectivity index (χ2n) is 3.45. The lowest BCUT2D eigenvalue weighted by atomic mass is 10.1. The Morgan fingerprint density at radius 1 is 1.08 bits per heavy atom. The highest BCUT2D eigenvalue weighted by Gasteiger charge is 2.27. The fourth-order valence-electron chi connectivity index (χ4n) is 1.27. The summed E-state index contributed by atoms with van der Waals surface area (Å²) in [5.41, 5.74) is 0. The van der Waals surface area contributed by atoms with Crippen LogP contribution >= 0.6 is 0 Å². The van der Waals surface area contributed by atoms with E-state index in [-0.39, 0.29) is 6.42 Å². The van der Waals surface area contributed by atoms with Gasteiger partial charge in [0.15, 0.2) is 0 Å². The molecule has 0 atom stereocenters. The molecular weight excluding hydrogens is 174 g/mol. The van der Waals surface area contributed by atoms with Crippen LogP contribution in [-0.2, 0) is 4.74 Å². The predicted molar refractivity (Wildman–Crippen MR) is 50.2 cm³/mol. The summed E-state index contributed by atoms with van der Waals surface area (Å²) >= 11 is 0. The van der Waals surface area contributed by atoms with Crippen molar-refractivity contribution in [3.8, 4) is 0 Å². The highest BCUT2D eigenvalue weighted by molar-refractivity contribution is 4.64. The third-order valence-corrected chi connectivity index (χ3v) is 2.00. The lowest BCUT2D eigenvalue weighted by Gasteiger charge is -2.14. The normalized spacial score (nSPS) is 12.0. The van der Waals surface area contributed by atoms with E-state index in [1.54, 1.807) is 0 Å². The van der Waals surface area contributed by atoms with Gasteiger partial charge in [-0.3, -0.25) is 0 Å². The quantitative estimate of drug-likeness (QED) is 0.536. The van der Waals surface area contributed by atoms with Crippen LogP contribution < -0.4 is 0 Å². The summed E-state index contributed by atoms with van der Waals surface area (Å²) in [4.78, 5) is 0. The minimum Gasteiger partial charge on any atom is -0.378 e. The minimum atomic E-state index is -2.62. The number of unbranched alkanes of at least 4 members (excludes halogenated alkanes) is 4. The van der Waals surface area contributed by atoms with Crippen molar-refractivity contribution in [1.82, 2.24) is 0 Å². The Labute approximate surface area is 79.5 Å². The zero-order chi connectivity index (χ0) is 10.2. The highest BCUT2D eigenvalue weighted by atomic mass is 19.3. The van der Waals surface area contributed by atoms with Crippen molar-refractivity contribution in [2.45, 2.75) is 51.4 Å². The van der Waals surface area contributed by atoms with Crippen molar-refractivity contribution in [1.29, 1.82) is 0 Å². The second-order valence-corrected chi connectivity index (χ2v) is 3.45. The molecule has 0 bridgehead atoms. The van der Waals surface area contributed by atoms with Crippen LogP contribution in [0.25, 0.3) is 0 Å². The first-order chi connectivity index (χ1) is 6.12. The van der Waals surface area contributed by atoms with E-state index in [0.717, 1.165) is 25.7 Å². The molecule has 0 rings (SSSR count). The summed E-state index contributed by atoms with van der Waals surface area (Å²) in [5, 5.41) is 0. The molecule has 0 amide bonds. The molecule has 0 aromatic carbocycles. The molecule has 0 fully saturated rings. The van der Waals surface area contributed by atoms with Gasteiger partial charge in [0.1, 0.15) is 6.61 Å². The fraction of sp³-hybridized carbons (Fsp3) is 1.00. The van der Waals surface area contributed by atoms with E-state index in [4.69, 9.17) is 0 Å². The van der Waals surface area contributed by atoms with Gasteiger partial charge in [-0.15, -0.1) is 0 Å². The molecule has 3 heteroatoms. The Hall–Kier alpha value is -0.180. The van der Waals surface area contributed by atoms with Gasteiger partial charge in [0.2, 0.25) is 0 Å². The predicted octanol–water partition coefficient (Wildman–Crippen LogP) is 3.63. The Bertz CT molecular complexity index is 115. The standard InChI is InChI=1S/C10H20F2O/c1-3-4-5-6-7-8-10(11,12)9-13-2/h3-9H2,1-2H3. The van der Waals surface area contributed by atoms with Crippen LogP contribution in [0.1, 0.15) is 45.4 Å². The van der Waals surface area contributed by atoms with Gasteiger partial charge in [-0.25, -0.2) is 8.78 Å². The molecule has 0 heterocycles. The van der Waals surface area contributed by atoms with E-state index >= 15 is 0 Å². The maximum absolute atomic E-state index is 12.8. The molecule has 1 nitrogen and oxygen atoms in total. The molecular formula is C10H20F2O. The fourth-order valence-corrected chi connectivity index (χ4v) is 1.27. The first kappa shape index (κ1) is 12.8. The third-order valence-electron chi connectivity index (χ3n) is 2.00. The Balaban J connectivity index is 3.29. The average molecular weight is 194 g/mol. The number of alkyl halides is 2. The van der Waals surface area contributed by atoms with Crippen LogP contribution in [0.3, 0.4) is 0 Å². The summed E-state index contributed by atoms with van der Waals surface area (Å²) in [5.74, 6) is -2.62. The first-order valence-electron chi connectivity index (χ1n) is 4.99. The Morgan fingerprint density at radius 2 is 1.69 bits per heavy atom. The van der Waals surface area contributed by atoms with E-state index in [1.807, 2.05) is 0 Å².